The summed E-state index contributed by atoms with van der Waals surface area (Å²) >= 11 is 0. The zero-order chi connectivity index (χ0) is 20.1. The maximum atomic E-state index is 15.2. The van der Waals surface area contributed by atoms with Gasteiger partial charge in [-0.25, -0.2) is 18.2 Å². The molecule has 0 aliphatic carbocycles. The van der Waals surface area contributed by atoms with Crippen LogP contribution in [-0.2, 0) is 32.7 Å². The van der Waals surface area contributed by atoms with Crippen LogP contribution in [0, 0.1) is 11.7 Å². The van der Waals surface area contributed by atoms with Crippen LogP contribution in [0.4, 0.5) is 14.9 Å². The van der Waals surface area contributed by atoms with Gasteiger partial charge in [0.25, 0.3) is 5.91 Å². The Bertz CT molecular complexity index is 949. The Hall–Kier alpha value is -2.60. The smallest absolute Gasteiger partial charge is 0.326 e. The third-order valence-corrected chi connectivity index (χ3v) is 6.40. The van der Waals surface area contributed by atoms with Gasteiger partial charge in [-0.15, -0.1) is 0 Å². The van der Waals surface area contributed by atoms with Crippen molar-refractivity contribution in [3.63, 3.8) is 0 Å². The van der Waals surface area contributed by atoms with Gasteiger partial charge < -0.3 is 20.1 Å². The summed E-state index contributed by atoms with van der Waals surface area (Å²) in [6.07, 6.45) is 0.310. The molecule has 4 rings (SSSR count). The quantitative estimate of drug-likeness (QED) is 0.608. The van der Waals surface area contributed by atoms with Crippen LogP contribution in [-0.4, -0.2) is 63.2 Å². The van der Waals surface area contributed by atoms with E-state index in [1.54, 1.807) is 4.72 Å². The third-order valence-electron chi connectivity index (χ3n) is 5.02. The molecule has 0 saturated carbocycles. The van der Waals surface area contributed by atoms with Crippen LogP contribution in [0.15, 0.2) is 6.07 Å². The Morgan fingerprint density at radius 1 is 1.39 bits per heavy atom. The molecule has 152 valence electrons. The van der Waals surface area contributed by atoms with Gasteiger partial charge in [0.15, 0.2) is 5.82 Å². The van der Waals surface area contributed by atoms with Crippen LogP contribution in [0.1, 0.15) is 11.1 Å². The first kappa shape index (κ1) is 18.7. The van der Waals surface area contributed by atoms with Crippen molar-refractivity contribution in [1.82, 2.24) is 14.9 Å². The SMILES string of the molecule is O=C1CN(c2c(O)cc3c(c2F)CN(C(=O)NCC2COC2)CC3)S(=O)(=O)N1. The zero-order valence-corrected chi connectivity index (χ0v) is 15.6. The van der Waals surface area contributed by atoms with E-state index in [-0.39, 0.29) is 24.1 Å². The number of nitrogens with one attached hydrogen (secondary N) is 2. The lowest BCUT2D eigenvalue weighted by Crippen LogP contribution is -2.47. The molecule has 1 aromatic rings. The molecule has 3 amide bonds. The van der Waals surface area contributed by atoms with E-state index in [4.69, 9.17) is 4.74 Å². The maximum Gasteiger partial charge on any atom is 0.326 e. The van der Waals surface area contributed by atoms with Crippen LogP contribution in [0.5, 0.6) is 5.75 Å². The van der Waals surface area contributed by atoms with Gasteiger partial charge in [-0.2, -0.15) is 8.42 Å². The summed E-state index contributed by atoms with van der Waals surface area (Å²) < 4.78 is 46.5. The topological polar surface area (TPSA) is 128 Å². The molecular weight excluding hydrogens is 395 g/mol. The molecule has 2 saturated heterocycles. The molecule has 10 nitrogen and oxygen atoms in total. The highest BCUT2D eigenvalue weighted by atomic mass is 32.2. The van der Waals surface area contributed by atoms with Crippen molar-refractivity contribution in [3.8, 4) is 5.75 Å². The average molecular weight is 414 g/mol. The number of phenols is 1. The fourth-order valence-corrected chi connectivity index (χ4v) is 4.60. The highest BCUT2D eigenvalue weighted by Crippen LogP contribution is 2.38. The van der Waals surface area contributed by atoms with Crippen molar-refractivity contribution in [2.45, 2.75) is 13.0 Å². The lowest BCUT2D eigenvalue weighted by Gasteiger charge is -2.32. The number of carbonyl (C=O) groups is 2. The molecule has 0 spiro atoms. The second kappa shape index (κ2) is 6.78. The molecular formula is C16H19FN4O6S. The number of hydrogen-bond donors (Lipinski definition) is 3. The minimum Gasteiger partial charge on any atom is -0.506 e. The second-order valence-corrected chi connectivity index (χ2v) is 8.59. The van der Waals surface area contributed by atoms with Gasteiger partial charge in [-0.3, -0.25) is 4.79 Å². The third kappa shape index (κ3) is 3.22. The number of rotatable bonds is 3. The number of phenolic OH excluding ortho intramolecular Hbond substituents is 1. The van der Waals surface area contributed by atoms with Crippen LogP contribution >= 0.6 is 0 Å². The highest BCUT2D eigenvalue weighted by Gasteiger charge is 2.39. The van der Waals surface area contributed by atoms with E-state index >= 15 is 4.39 Å². The molecule has 3 aliphatic heterocycles. The Morgan fingerprint density at radius 2 is 2.14 bits per heavy atom. The summed E-state index contributed by atoms with van der Waals surface area (Å²) in [5.41, 5.74) is 0.0211. The predicted octanol–water partition coefficient (Wildman–Crippen LogP) is -0.574. The Labute approximate surface area is 160 Å². The number of aromatic hydroxyl groups is 1. The van der Waals surface area contributed by atoms with Gasteiger partial charge in [0, 0.05) is 24.6 Å². The Balaban J connectivity index is 1.58. The van der Waals surface area contributed by atoms with E-state index in [9.17, 15) is 23.1 Å². The summed E-state index contributed by atoms with van der Waals surface area (Å²) in [4.78, 5) is 25.2. The first-order valence-corrected chi connectivity index (χ1v) is 10.2. The van der Waals surface area contributed by atoms with Crippen molar-refractivity contribution in [3.05, 3.63) is 23.0 Å². The monoisotopic (exact) mass is 414 g/mol. The summed E-state index contributed by atoms with van der Waals surface area (Å²) in [6.45, 7) is 1.29. The number of hydrogen-bond acceptors (Lipinski definition) is 6. The Morgan fingerprint density at radius 3 is 2.75 bits per heavy atom. The second-order valence-electron chi connectivity index (χ2n) is 6.99. The van der Waals surface area contributed by atoms with Crippen LogP contribution in [0.2, 0.25) is 0 Å². The summed E-state index contributed by atoms with van der Waals surface area (Å²) in [6, 6.07) is 0.935. The summed E-state index contributed by atoms with van der Waals surface area (Å²) in [7, 11) is -4.28. The lowest BCUT2D eigenvalue weighted by molar-refractivity contribution is -0.117. The molecule has 28 heavy (non-hydrogen) atoms. The molecule has 1 aromatic carbocycles. The molecule has 3 heterocycles. The first-order chi connectivity index (χ1) is 13.3. The number of urea groups is 1. The van der Waals surface area contributed by atoms with Crippen molar-refractivity contribution in [2.24, 2.45) is 5.92 Å². The number of amides is 3. The zero-order valence-electron chi connectivity index (χ0n) is 14.8. The summed E-state index contributed by atoms with van der Waals surface area (Å²) in [5.74, 6) is -2.08. The molecule has 0 atom stereocenters. The van der Waals surface area contributed by atoms with E-state index in [0.717, 1.165) is 0 Å². The van der Waals surface area contributed by atoms with Gasteiger partial charge in [0.05, 0.1) is 19.8 Å². The van der Waals surface area contributed by atoms with Crippen molar-refractivity contribution >= 4 is 27.8 Å². The van der Waals surface area contributed by atoms with E-state index < -0.39 is 39.9 Å². The molecule has 2 fully saturated rings. The lowest BCUT2D eigenvalue weighted by atomic mass is 9.97. The molecule has 0 aromatic heterocycles. The average Bonchev–Trinajstić information content (AvgIpc) is 2.85. The standard InChI is InChI=1S/C16H19FN4O6S/c17-14-11-5-20(16(24)18-4-9-7-27-8-9)2-1-10(11)3-12(22)15(14)21-6-13(23)19-28(21,25)26/h3,9,22H,1-2,4-8H2,(H,18,24)(H,19,23). The molecule has 0 radical (unpaired) electrons. The van der Waals surface area contributed by atoms with E-state index in [1.165, 1.54) is 11.0 Å². The number of nitrogens with zero attached hydrogens (tertiary/aromatic N) is 2. The number of fused-ring (bicyclic) bond motifs is 1. The normalized spacial score (nSPS) is 21.1. The number of ether oxygens (including phenoxy) is 1. The maximum absolute atomic E-state index is 15.2. The van der Waals surface area contributed by atoms with Gasteiger partial charge in [-0.05, 0) is 18.1 Å². The van der Waals surface area contributed by atoms with Gasteiger partial charge >= 0.3 is 16.2 Å². The molecule has 3 N–H and O–H groups in total. The van der Waals surface area contributed by atoms with Gasteiger partial charge in [0.2, 0.25) is 0 Å². The minimum atomic E-state index is -4.28. The number of benzene rings is 1. The number of anilines is 1. The number of carbonyl (C=O) groups excluding carboxylic acids is 2. The highest BCUT2D eigenvalue weighted by molar-refractivity contribution is 7.92. The Kier molecular flexibility index (Phi) is 4.54. The van der Waals surface area contributed by atoms with Crippen molar-refractivity contribution < 1.29 is 32.2 Å². The number of halogens is 1. The van der Waals surface area contributed by atoms with Gasteiger partial charge in [-0.1, -0.05) is 0 Å². The van der Waals surface area contributed by atoms with Crippen LogP contribution < -0.4 is 14.3 Å². The fourth-order valence-electron chi connectivity index (χ4n) is 3.44. The molecule has 12 heteroatoms. The minimum absolute atomic E-state index is 0.0727. The fraction of sp³-hybridized carbons (Fsp3) is 0.500. The molecule has 3 aliphatic rings. The van der Waals surface area contributed by atoms with E-state index in [0.29, 0.717) is 42.6 Å². The van der Waals surface area contributed by atoms with E-state index in [2.05, 4.69) is 5.32 Å². The van der Waals surface area contributed by atoms with Crippen molar-refractivity contribution in [2.75, 3.05) is 37.2 Å². The van der Waals surface area contributed by atoms with Crippen LogP contribution in [0.3, 0.4) is 0 Å². The molecule has 0 bridgehead atoms. The largest absolute Gasteiger partial charge is 0.506 e. The van der Waals surface area contributed by atoms with Gasteiger partial charge in [0.1, 0.15) is 18.0 Å². The first-order valence-electron chi connectivity index (χ1n) is 8.73. The molecule has 0 unspecified atom stereocenters. The van der Waals surface area contributed by atoms with Crippen LogP contribution in [0.25, 0.3) is 0 Å². The van der Waals surface area contributed by atoms with Crippen molar-refractivity contribution in [1.29, 1.82) is 0 Å². The predicted molar refractivity (Wildman–Crippen MR) is 94.3 cm³/mol. The summed E-state index contributed by atoms with van der Waals surface area (Å²) in [5, 5.41) is 13.0. The van der Waals surface area contributed by atoms with E-state index in [1.807, 2.05) is 0 Å².